The predicted octanol–water partition coefficient (Wildman–Crippen LogP) is 11.5. The molecule has 56 heavy (non-hydrogen) atoms. The predicted molar refractivity (Wildman–Crippen MR) is 224 cm³/mol. The summed E-state index contributed by atoms with van der Waals surface area (Å²) in [5.41, 5.74) is -0.368. The number of benzene rings is 2. The molecular weight excluding hydrogens is 699 g/mol. The Morgan fingerprint density at radius 1 is 0.607 bits per heavy atom. The van der Waals surface area contributed by atoms with Crippen molar-refractivity contribution in [2.45, 2.75) is 192 Å². The minimum absolute atomic E-state index is 0.0433. The van der Waals surface area contributed by atoms with Crippen molar-refractivity contribution in [2.75, 3.05) is 19.7 Å². The number of rotatable bonds is 26. The van der Waals surface area contributed by atoms with Gasteiger partial charge < -0.3 is 18.7 Å². The number of nitrogens with zero attached hydrogens (tertiary/aromatic N) is 1. The largest absolute Gasteiger partial charge is 0.465 e. The van der Waals surface area contributed by atoms with Crippen molar-refractivity contribution in [3.8, 4) is 0 Å². The van der Waals surface area contributed by atoms with Crippen LogP contribution in [0.4, 0.5) is 0 Å². The zero-order chi connectivity index (χ0) is 39.5. The van der Waals surface area contributed by atoms with Gasteiger partial charge in [0.05, 0.1) is 31.8 Å². The van der Waals surface area contributed by atoms with Gasteiger partial charge in [-0.25, -0.2) is 4.79 Å². The summed E-state index contributed by atoms with van der Waals surface area (Å²) in [7, 11) is 0. The molecule has 310 valence electrons. The summed E-state index contributed by atoms with van der Waals surface area (Å²) < 4.78 is 19.4. The molecule has 3 heterocycles. The maximum atomic E-state index is 14.6. The summed E-state index contributed by atoms with van der Waals surface area (Å²) in [5, 5.41) is 0. The Bertz CT molecular complexity index is 1380. The number of unbranched alkanes of at least 4 members (excludes halogenated alkanes) is 15. The average molecular weight is 773 g/mol. The summed E-state index contributed by atoms with van der Waals surface area (Å²) in [6.07, 6.45) is 26.6. The van der Waals surface area contributed by atoms with Crippen LogP contribution in [-0.4, -0.2) is 60.3 Å². The fourth-order valence-electron chi connectivity index (χ4n) is 10.0. The first kappa shape index (κ1) is 43.9. The smallest absolute Gasteiger partial charge is 0.360 e. The molecule has 0 saturated carbocycles. The van der Waals surface area contributed by atoms with Crippen LogP contribution in [0.5, 0.6) is 0 Å². The average Bonchev–Trinajstić information content (AvgIpc) is 3.75. The molecule has 3 saturated heterocycles. The van der Waals surface area contributed by atoms with Crippen molar-refractivity contribution in [2.24, 2.45) is 5.92 Å². The van der Waals surface area contributed by atoms with Gasteiger partial charge >= 0.3 is 17.9 Å². The number of esters is 3. The fraction of sp³-hybridized carbons (Fsp3) is 0.694. The van der Waals surface area contributed by atoms with Gasteiger partial charge in [-0.3, -0.25) is 9.59 Å². The monoisotopic (exact) mass is 773 g/mol. The molecule has 2 bridgehead atoms. The van der Waals surface area contributed by atoms with E-state index in [0.717, 1.165) is 44.9 Å². The molecule has 0 N–H and O–H groups in total. The molecule has 0 radical (unpaired) electrons. The van der Waals surface area contributed by atoms with Crippen molar-refractivity contribution < 1.29 is 33.1 Å². The quantitative estimate of drug-likeness (QED) is 0.0410. The molecule has 2 aromatic rings. The third-order valence-corrected chi connectivity index (χ3v) is 13.0. The summed E-state index contributed by atoms with van der Waals surface area (Å²) >= 11 is 0. The van der Waals surface area contributed by atoms with E-state index < -0.39 is 11.6 Å². The number of hydrogen-bond donors (Lipinski definition) is 0. The lowest BCUT2D eigenvalue weighted by atomic mass is 9.85. The molecule has 3 fully saturated rings. The number of ether oxygens (including phenoxy) is 3. The van der Waals surface area contributed by atoms with E-state index in [9.17, 15) is 14.4 Å². The third kappa shape index (κ3) is 12.7. The Labute approximate surface area is 339 Å². The van der Waals surface area contributed by atoms with Crippen LogP contribution in [0.25, 0.3) is 0 Å². The highest BCUT2D eigenvalue weighted by Crippen LogP contribution is 2.47. The van der Waals surface area contributed by atoms with Gasteiger partial charge in [-0.1, -0.05) is 164 Å². The molecule has 3 aliphatic heterocycles. The van der Waals surface area contributed by atoms with Crippen LogP contribution in [0.1, 0.15) is 179 Å². The summed E-state index contributed by atoms with van der Waals surface area (Å²) in [4.78, 5) is 39.9. The van der Waals surface area contributed by atoms with Crippen LogP contribution in [-0.2, 0) is 34.2 Å². The van der Waals surface area contributed by atoms with E-state index in [4.69, 9.17) is 14.2 Å². The topological polar surface area (TPSA) is 78.9 Å². The molecule has 7 nitrogen and oxygen atoms in total. The number of quaternary nitrogens is 1. The standard InChI is InChI=1S/C49H74NO6/c1-40(2)39-54-46(51)31-23-15-13-11-9-7-5-3-4-6-8-10-12-14-16-24-32-47(52)56-49(41-27-19-17-20-28-41,42-29-21-18-22-30-42)48(53)55-45-37-43-33-34-44(38-45)50(43)35-25-26-36-50/h17-22,27-30,40,43-45H,3-16,23-26,31-39H2,1-2H3/q+1. The summed E-state index contributed by atoms with van der Waals surface area (Å²) in [6, 6.07) is 20.1. The minimum atomic E-state index is -1.64. The van der Waals surface area contributed by atoms with Gasteiger partial charge in [0.25, 0.3) is 5.60 Å². The third-order valence-electron chi connectivity index (χ3n) is 13.0. The fourth-order valence-corrected chi connectivity index (χ4v) is 10.0. The van der Waals surface area contributed by atoms with Crippen molar-refractivity contribution in [1.29, 1.82) is 0 Å². The van der Waals surface area contributed by atoms with Gasteiger partial charge in [0, 0.05) is 62.5 Å². The van der Waals surface area contributed by atoms with Gasteiger partial charge in [-0.2, -0.15) is 0 Å². The van der Waals surface area contributed by atoms with Crippen molar-refractivity contribution in [3.63, 3.8) is 0 Å². The molecule has 2 aromatic carbocycles. The Kier molecular flexibility index (Phi) is 18.3. The Hall–Kier alpha value is -3.19. The van der Waals surface area contributed by atoms with Crippen LogP contribution >= 0.6 is 0 Å². The van der Waals surface area contributed by atoms with E-state index in [1.807, 2.05) is 60.7 Å². The minimum Gasteiger partial charge on any atom is -0.465 e. The summed E-state index contributed by atoms with van der Waals surface area (Å²) in [6.45, 7) is 7.21. The molecule has 1 spiro atoms. The first-order valence-electron chi connectivity index (χ1n) is 22.9. The van der Waals surface area contributed by atoms with E-state index in [2.05, 4.69) is 13.8 Å². The second-order valence-corrected chi connectivity index (χ2v) is 17.8. The number of carbonyl (C=O) groups excluding carboxylic acids is 3. The first-order valence-corrected chi connectivity index (χ1v) is 22.9. The lowest BCUT2D eigenvalue weighted by Gasteiger charge is -2.47. The van der Waals surface area contributed by atoms with Crippen LogP contribution in [0.2, 0.25) is 0 Å². The van der Waals surface area contributed by atoms with Crippen LogP contribution in [0.15, 0.2) is 60.7 Å². The molecule has 0 aromatic heterocycles. The number of carbonyl (C=O) groups is 3. The zero-order valence-electron chi connectivity index (χ0n) is 35.1. The second kappa shape index (κ2) is 23.3. The molecule has 7 heteroatoms. The molecule has 2 atom stereocenters. The Morgan fingerprint density at radius 2 is 1.02 bits per heavy atom. The molecule has 5 rings (SSSR count). The molecule has 0 aliphatic carbocycles. The molecular formula is C49H74NO6+. The zero-order valence-corrected chi connectivity index (χ0v) is 35.1. The summed E-state index contributed by atoms with van der Waals surface area (Å²) in [5.74, 6) is -0.453. The normalized spacial score (nSPS) is 20.0. The van der Waals surface area contributed by atoms with Crippen LogP contribution < -0.4 is 0 Å². The lowest BCUT2D eigenvalue weighted by Crippen LogP contribution is -2.60. The van der Waals surface area contributed by atoms with E-state index in [1.54, 1.807) is 0 Å². The van der Waals surface area contributed by atoms with Gasteiger partial charge in [0.15, 0.2) is 0 Å². The number of hydrogen-bond acceptors (Lipinski definition) is 6. The Morgan fingerprint density at radius 3 is 1.45 bits per heavy atom. The highest BCUT2D eigenvalue weighted by Gasteiger charge is 2.57. The van der Waals surface area contributed by atoms with Crippen LogP contribution in [0.3, 0.4) is 0 Å². The van der Waals surface area contributed by atoms with E-state index in [1.165, 1.54) is 114 Å². The van der Waals surface area contributed by atoms with Gasteiger partial charge in [-0.05, 0) is 18.8 Å². The Balaban J connectivity index is 0.972. The van der Waals surface area contributed by atoms with Crippen LogP contribution in [0, 0.1) is 5.92 Å². The lowest BCUT2D eigenvalue weighted by molar-refractivity contribution is -0.956. The first-order chi connectivity index (χ1) is 27.3. The van der Waals surface area contributed by atoms with Crippen molar-refractivity contribution >= 4 is 17.9 Å². The second-order valence-electron chi connectivity index (χ2n) is 17.8. The molecule has 2 unspecified atom stereocenters. The van der Waals surface area contributed by atoms with Crippen molar-refractivity contribution in [3.05, 3.63) is 71.8 Å². The maximum Gasteiger partial charge on any atom is 0.360 e. The highest BCUT2D eigenvalue weighted by molar-refractivity contribution is 5.89. The van der Waals surface area contributed by atoms with E-state index in [0.29, 0.717) is 42.2 Å². The maximum absolute atomic E-state index is 14.6. The molecule has 3 aliphatic rings. The van der Waals surface area contributed by atoms with Crippen molar-refractivity contribution in [1.82, 2.24) is 0 Å². The highest BCUT2D eigenvalue weighted by atomic mass is 16.6. The van der Waals surface area contributed by atoms with Gasteiger partial charge in [-0.15, -0.1) is 0 Å². The molecule has 0 amide bonds. The SMILES string of the molecule is CC(C)COC(=O)CCCCCCCCCCCCCCCCCCC(=O)OC(C(=O)OC1CC2CCC(C1)[N+]21CCCC1)(c1ccccc1)c1ccccc1. The van der Waals surface area contributed by atoms with E-state index >= 15 is 0 Å². The van der Waals surface area contributed by atoms with Gasteiger partial charge in [0.2, 0.25) is 0 Å². The van der Waals surface area contributed by atoms with E-state index in [-0.39, 0.29) is 24.5 Å². The van der Waals surface area contributed by atoms with Gasteiger partial charge in [0.1, 0.15) is 6.10 Å². The number of piperidine rings is 1.